The van der Waals surface area contributed by atoms with Crippen LogP contribution < -0.4 is 11.1 Å². The standard InChI is InChI=1S/C13H19N7O6S/c14-11(15)16-6-13(3-4-13)10-18-17-9(25-10)8-2-1-7-5-19(8)12(21)20(7)26-27(22,23)24/h7-8H,1-6H2,(H4,14,15,16)(H,22,23,24)/t7-,8+/m1/s1. The molecule has 5 N–H and O–H groups in total. The number of carbonyl (C=O) groups excluding carboxylic acids is 1. The van der Waals surface area contributed by atoms with Crippen LogP contribution in [0.5, 0.6) is 0 Å². The summed E-state index contributed by atoms with van der Waals surface area (Å²) in [6.45, 7) is 0.642. The molecule has 148 valence electrons. The first-order valence-electron chi connectivity index (χ1n) is 8.37. The summed E-state index contributed by atoms with van der Waals surface area (Å²) in [6.07, 6.45) is 2.58. The third-order valence-electron chi connectivity index (χ3n) is 5.15. The molecule has 4 rings (SSSR count). The normalized spacial score (nSPS) is 26.3. The average molecular weight is 401 g/mol. The van der Waals surface area contributed by atoms with E-state index in [9.17, 15) is 13.2 Å². The maximum atomic E-state index is 12.5. The van der Waals surface area contributed by atoms with E-state index in [0.29, 0.717) is 30.3 Å². The van der Waals surface area contributed by atoms with Crippen molar-refractivity contribution in [3.63, 3.8) is 0 Å². The Morgan fingerprint density at radius 1 is 1.44 bits per heavy atom. The topological polar surface area (TPSA) is 188 Å². The molecule has 3 fully saturated rings. The lowest BCUT2D eigenvalue weighted by atomic mass is 10.0. The smallest absolute Gasteiger partial charge is 0.418 e. The van der Waals surface area contributed by atoms with Crippen LogP contribution in [-0.4, -0.2) is 64.3 Å². The quantitative estimate of drug-likeness (QED) is 0.268. The maximum Gasteiger partial charge on any atom is 0.418 e. The van der Waals surface area contributed by atoms with Crippen LogP contribution in [0.4, 0.5) is 4.79 Å². The second-order valence-corrected chi connectivity index (χ2v) is 8.01. The number of aromatic nitrogens is 2. The summed E-state index contributed by atoms with van der Waals surface area (Å²) >= 11 is 0. The van der Waals surface area contributed by atoms with Gasteiger partial charge in [0.1, 0.15) is 6.04 Å². The number of hydroxylamine groups is 2. The minimum Gasteiger partial charge on any atom is -0.422 e. The Bertz CT molecular complexity index is 881. The van der Waals surface area contributed by atoms with Crippen molar-refractivity contribution in [3.05, 3.63) is 11.8 Å². The fourth-order valence-electron chi connectivity index (χ4n) is 3.55. The van der Waals surface area contributed by atoms with Crippen molar-refractivity contribution in [2.24, 2.45) is 5.73 Å². The van der Waals surface area contributed by atoms with Gasteiger partial charge in [0, 0.05) is 13.1 Å². The van der Waals surface area contributed by atoms with Gasteiger partial charge in [-0.1, -0.05) is 0 Å². The molecule has 27 heavy (non-hydrogen) atoms. The van der Waals surface area contributed by atoms with E-state index in [1.165, 1.54) is 4.90 Å². The monoisotopic (exact) mass is 401 g/mol. The van der Waals surface area contributed by atoms with Crippen LogP contribution in [0.25, 0.3) is 0 Å². The number of carbonyl (C=O) groups is 1. The molecule has 2 atom stereocenters. The molecule has 1 aromatic rings. The van der Waals surface area contributed by atoms with E-state index in [1.807, 2.05) is 0 Å². The van der Waals surface area contributed by atoms with E-state index >= 15 is 0 Å². The molecule has 0 radical (unpaired) electrons. The molecule has 0 unspecified atom stereocenters. The van der Waals surface area contributed by atoms with Gasteiger partial charge in [-0.15, -0.1) is 14.5 Å². The maximum absolute atomic E-state index is 12.5. The summed E-state index contributed by atoms with van der Waals surface area (Å²) in [5.41, 5.74) is 4.97. The van der Waals surface area contributed by atoms with Crippen LogP contribution in [0.3, 0.4) is 0 Å². The first kappa shape index (κ1) is 17.9. The summed E-state index contributed by atoms with van der Waals surface area (Å²) in [5.74, 6) is 0.548. The molecule has 1 saturated carbocycles. The van der Waals surface area contributed by atoms with Crippen LogP contribution in [0.1, 0.15) is 43.5 Å². The lowest BCUT2D eigenvalue weighted by Crippen LogP contribution is -2.36. The number of fused-ring (bicyclic) bond motifs is 2. The molecule has 3 heterocycles. The van der Waals surface area contributed by atoms with Gasteiger partial charge in [0.25, 0.3) is 0 Å². The number of nitrogens with one attached hydrogen (secondary N) is 2. The molecular formula is C13H19N7O6S. The summed E-state index contributed by atoms with van der Waals surface area (Å²) < 4.78 is 41.0. The highest BCUT2D eigenvalue weighted by molar-refractivity contribution is 7.80. The molecule has 2 amide bonds. The van der Waals surface area contributed by atoms with E-state index in [0.717, 1.165) is 12.8 Å². The number of piperidine rings is 1. The molecule has 2 aliphatic heterocycles. The van der Waals surface area contributed by atoms with Gasteiger partial charge in [-0.2, -0.15) is 13.5 Å². The SMILES string of the molecule is N=C(N)NCC1(c2nnc([C@@H]3CC[C@@H]4CN3C(=O)N4OS(=O)(=O)O)o2)CC1. The second-order valence-electron chi connectivity index (χ2n) is 7.00. The Morgan fingerprint density at radius 2 is 2.19 bits per heavy atom. The van der Waals surface area contributed by atoms with E-state index < -0.39 is 28.5 Å². The Kier molecular flexibility index (Phi) is 4.01. The summed E-state index contributed by atoms with van der Waals surface area (Å²) in [5, 5.41) is 18.9. The third-order valence-corrected chi connectivity index (χ3v) is 5.50. The van der Waals surface area contributed by atoms with Crippen molar-refractivity contribution in [3.8, 4) is 0 Å². The Balaban J connectivity index is 1.50. The van der Waals surface area contributed by atoms with Gasteiger partial charge in [0.05, 0.1) is 11.5 Å². The van der Waals surface area contributed by atoms with Crippen LogP contribution in [0, 0.1) is 5.41 Å². The number of rotatable bonds is 6. The number of nitrogens with zero attached hydrogens (tertiary/aromatic N) is 4. The van der Waals surface area contributed by atoms with E-state index in [4.69, 9.17) is 20.1 Å². The zero-order valence-electron chi connectivity index (χ0n) is 14.2. The lowest BCUT2D eigenvalue weighted by molar-refractivity contribution is -0.0317. The first-order valence-corrected chi connectivity index (χ1v) is 9.74. The predicted octanol–water partition coefficient (Wildman–Crippen LogP) is -0.740. The molecular weight excluding hydrogens is 382 g/mol. The Morgan fingerprint density at radius 3 is 2.81 bits per heavy atom. The van der Waals surface area contributed by atoms with Gasteiger partial charge in [0.2, 0.25) is 11.8 Å². The number of amides is 2. The van der Waals surface area contributed by atoms with Crippen molar-refractivity contribution >= 4 is 22.4 Å². The number of guanidine groups is 1. The van der Waals surface area contributed by atoms with Crippen LogP contribution >= 0.6 is 0 Å². The zero-order chi connectivity index (χ0) is 19.4. The summed E-state index contributed by atoms with van der Waals surface area (Å²) in [6, 6.07) is -1.66. The van der Waals surface area contributed by atoms with Crippen molar-refractivity contribution < 1.29 is 26.5 Å². The van der Waals surface area contributed by atoms with E-state index in [2.05, 4.69) is 19.8 Å². The highest BCUT2D eigenvalue weighted by atomic mass is 32.3. The first-order chi connectivity index (χ1) is 12.7. The minimum atomic E-state index is -4.79. The lowest BCUT2D eigenvalue weighted by Gasteiger charge is -2.27. The van der Waals surface area contributed by atoms with Crippen LogP contribution in [-0.2, 0) is 20.1 Å². The van der Waals surface area contributed by atoms with Gasteiger partial charge in [-0.25, -0.2) is 4.79 Å². The summed E-state index contributed by atoms with van der Waals surface area (Å²) in [4.78, 5) is 13.8. The zero-order valence-corrected chi connectivity index (χ0v) is 15.0. The molecule has 14 heteroatoms. The molecule has 1 aliphatic carbocycles. The van der Waals surface area contributed by atoms with E-state index in [1.54, 1.807) is 0 Å². The third kappa shape index (κ3) is 3.30. The number of urea groups is 1. The fourth-order valence-corrected chi connectivity index (χ4v) is 3.94. The van der Waals surface area contributed by atoms with E-state index in [-0.39, 0.29) is 23.8 Å². The number of hydrogen-bond donors (Lipinski definition) is 4. The Hall–Kier alpha value is -2.45. The highest BCUT2D eigenvalue weighted by Gasteiger charge is 2.52. The molecule has 2 saturated heterocycles. The van der Waals surface area contributed by atoms with Gasteiger partial charge in [-0.05, 0) is 25.7 Å². The van der Waals surface area contributed by atoms with Crippen molar-refractivity contribution in [1.82, 2.24) is 25.5 Å². The molecule has 0 aromatic carbocycles. The van der Waals surface area contributed by atoms with Crippen molar-refractivity contribution in [1.29, 1.82) is 5.41 Å². The van der Waals surface area contributed by atoms with Crippen LogP contribution in [0.15, 0.2) is 4.42 Å². The molecule has 0 spiro atoms. The highest BCUT2D eigenvalue weighted by Crippen LogP contribution is 2.48. The van der Waals surface area contributed by atoms with Gasteiger partial charge >= 0.3 is 16.4 Å². The summed E-state index contributed by atoms with van der Waals surface area (Å²) in [7, 11) is -4.79. The molecule has 13 nitrogen and oxygen atoms in total. The van der Waals surface area contributed by atoms with Crippen LogP contribution in [0.2, 0.25) is 0 Å². The minimum absolute atomic E-state index is 0.138. The molecule has 1 aromatic heterocycles. The number of hydrogen-bond acceptors (Lipinski definition) is 8. The predicted molar refractivity (Wildman–Crippen MR) is 87.5 cm³/mol. The molecule has 3 aliphatic rings. The van der Waals surface area contributed by atoms with Gasteiger partial charge < -0.3 is 20.4 Å². The van der Waals surface area contributed by atoms with Gasteiger partial charge in [0.15, 0.2) is 5.96 Å². The van der Waals surface area contributed by atoms with Gasteiger partial charge in [-0.3, -0.25) is 9.96 Å². The molecule has 2 bridgehead atoms. The van der Waals surface area contributed by atoms with Crippen molar-refractivity contribution in [2.45, 2.75) is 43.2 Å². The number of nitrogens with two attached hydrogens (primary N) is 1. The largest absolute Gasteiger partial charge is 0.422 e. The second kappa shape index (κ2) is 6.03. The Labute approximate surface area is 154 Å². The fraction of sp³-hybridized carbons (Fsp3) is 0.692. The van der Waals surface area contributed by atoms with Crippen molar-refractivity contribution in [2.75, 3.05) is 13.1 Å². The average Bonchev–Trinajstić information content (AvgIpc) is 3.16.